The molecular formula is C11H11Cl2NO6S. The van der Waals surface area contributed by atoms with Crippen molar-refractivity contribution in [2.45, 2.75) is 23.8 Å². The summed E-state index contributed by atoms with van der Waals surface area (Å²) in [5, 5.41) is 17.6. The first-order valence-corrected chi connectivity index (χ1v) is 7.79. The molecule has 1 aromatic carbocycles. The van der Waals surface area contributed by atoms with Gasteiger partial charge in [0, 0.05) is 16.5 Å². The van der Waals surface area contributed by atoms with Gasteiger partial charge in [0.2, 0.25) is 10.0 Å². The van der Waals surface area contributed by atoms with Crippen LogP contribution in [0.1, 0.15) is 12.8 Å². The number of hydrogen-bond acceptors (Lipinski definition) is 4. The zero-order chi connectivity index (χ0) is 16.2. The zero-order valence-corrected chi connectivity index (χ0v) is 12.7. The molecule has 0 saturated carbocycles. The number of carboxylic acids is 2. The molecule has 3 N–H and O–H groups in total. The van der Waals surface area contributed by atoms with Crippen molar-refractivity contribution >= 4 is 45.2 Å². The maximum Gasteiger partial charge on any atom is 0.321 e. The van der Waals surface area contributed by atoms with Crippen molar-refractivity contribution < 1.29 is 28.2 Å². The minimum atomic E-state index is -4.19. The molecule has 7 nitrogen and oxygen atoms in total. The maximum atomic E-state index is 12.1. The lowest BCUT2D eigenvalue weighted by Crippen LogP contribution is -2.41. The monoisotopic (exact) mass is 355 g/mol. The van der Waals surface area contributed by atoms with E-state index in [1.54, 1.807) is 0 Å². The minimum absolute atomic E-state index is 0.0697. The summed E-state index contributed by atoms with van der Waals surface area (Å²) in [6.45, 7) is 0. The Labute approximate surface area is 130 Å². The van der Waals surface area contributed by atoms with E-state index >= 15 is 0 Å². The molecule has 1 aromatic rings. The maximum absolute atomic E-state index is 12.1. The van der Waals surface area contributed by atoms with Crippen molar-refractivity contribution in [3.05, 3.63) is 28.2 Å². The molecule has 0 bridgehead atoms. The SMILES string of the molecule is O=C(O)CCC(NS(=O)(=O)c1cc(Cl)cc(Cl)c1)C(=O)O. The molecule has 1 unspecified atom stereocenters. The first-order valence-electron chi connectivity index (χ1n) is 5.55. The molecule has 0 aliphatic carbocycles. The van der Waals surface area contributed by atoms with E-state index in [-0.39, 0.29) is 14.9 Å². The molecule has 0 spiro atoms. The molecule has 0 aliphatic heterocycles. The molecule has 0 aliphatic rings. The summed E-state index contributed by atoms with van der Waals surface area (Å²) in [6.07, 6.45) is -0.881. The Morgan fingerprint density at radius 1 is 1.14 bits per heavy atom. The van der Waals surface area contributed by atoms with Crippen LogP contribution in [0.5, 0.6) is 0 Å². The van der Waals surface area contributed by atoms with Crippen LogP contribution in [0.2, 0.25) is 10.0 Å². The van der Waals surface area contributed by atoms with Crippen LogP contribution in [-0.4, -0.2) is 36.6 Å². The third kappa shape index (κ3) is 5.50. The number of carboxylic acid groups (broad SMARTS) is 2. The lowest BCUT2D eigenvalue weighted by atomic mass is 10.2. The predicted octanol–water partition coefficient (Wildman–Crippen LogP) is 1.59. The standard InChI is InChI=1S/C11H11Cl2NO6S/c12-6-3-7(13)5-8(4-6)21(19,20)14-9(11(17)18)1-2-10(15)16/h3-5,9,14H,1-2H2,(H,15,16)(H,17,18). The van der Waals surface area contributed by atoms with Gasteiger partial charge in [-0.2, -0.15) is 4.72 Å². The number of halogens is 2. The van der Waals surface area contributed by atoms with Crippen molar-refractivity contribution in [1.82, 2.24) is 4.72 Å². The highest BCUT2D eigenvalue weighted by molar-refractivity contribution is 7.89. The second kappa shape index (κ2) is 7.08. The van der Waals surface area contributed by atoms with Crippen LogP contribution in [0, 0.1) is 0 Å². The molecule has 10 heteroatoms. The summed E-state index contributed by atoms with van der Waals surface area (Å²) in [5.41, 5.74) is 0. The fraction of sp³-hybridized carbons (Fsp3) is 0.273. The molecule has 0 amide bonds. The van der Waals surface area contributed by atoms with Crippen LogP contribution in [0.15, 0.2) is 23.1 Å². The molecule has 1 atom stereocenters. The van der Waals surface area contributed by atoms with Crippen LogP contribution >= 0.6 is 23.2 Å². The Kier molecular flexibility index (Phi) is 5.97. The van der Waals surface area contributed by atoms with Crippen LogP contribution in [0.4, 0.5) is 0 Å². The van der Waals surface area contributed by atoms with E-state index in [1.165, 1.54) is 6.07 Å². The van der Waals surface area contributed by atoms with Crippen LogP contribution in [0.3, 0.4) is 0 Å². The Hall–Kier alpha value is -1.35. The highest BCUT2D eigenvalue weighted by atomic mass is 35.5. The van der Waals surface area contributed by atoms with Gasteiger partial charge < -0.3 is 10.2 Å². The first kappa shape index (κ1) is 17.7. The van der Waals surface area contributed by atoms with Crippen LogP contribution in [0.25, 0.3) is 0 Å². The van der Waals surface area contributed by atoms with E-state index < -0.39 is 40.8 Å². The van der Waals surface area contributed by atoms with Gasteiger partial charge in [0.1, 0.15) is 6.04 Å². The molecule has 116 valence electrons. The van der Waals surface area contributed by atoms with Gasteiger partial charge in [-0.25, -0.2) is 8.42 Å². The second-order valence-corrected chi connectivity index (χ2v) is 6.64. The largest absolute Gasteiger partial charge is 0.481 e. The fourth-order valence-electron chi connectivity index (χ4n) is 1.44. The number of aliphatic carboxylic acids is 2. The Morgan fingerprint density at radius 3 is 2.10 bits per heavy atom. The van der Waals surface area contributed by atoms with E-state index in [0.29, 0.717) is 0 Å². The van der Waals surface area contributed by atoms with E-state index in [9.17, 15) is 18.0 Å². The van der Waals surface area contributed by atoms with E-state index in [2.05, 4.69) is 0 Å². The van der Waals surface area contributed by atoms with Gasteiger partial charge in [-0.05, 0) is 24.6 Å². The molecule has 21 heavy (non-hydrogen) atoms. The number of sulfonamides is 1. The minimum Gasteiger partial charge on any atom is -0.481 e. The highest BCUT2D eigenvalue weighted by Gasteiger charge is 2.26. The van der Waals surface area contributed by atoms with Gasteiger partial charge in [0.05, 0.1) is 4.90 Å². The summed E-state index contributed by atoms with van der Waals surface area (Å²) in [4.78, 5) is 21.1. The average molecular weight is 356 g/mol. The lowest BCUT2D eigenvalue weighted by molar-refractivity contribution is -0.140. The third-order valence-corrected chi connectivity index (χ3v) is 4.28. The lowest BCUT2D eigenvalue weighted by Gasteiger charge is -2.14. The zero-order valence-electron chi connectivity index (χ0n) is 10.4. The number of rotatable bonds is 7. The summed E-state index contributed by atoms with van der Waals surface area (Å²) in [6, 6.07) is 1.96. The predicted molar refractivity (Wildman–Crippen MR) is 75.1 cm³/mol. The van der Waals surface area contributed by atoms with Crippen LogP contribution in [-0.2, 0) is 19.6 Å². The molecule has 1 rings (SSSR count). The van der Waals surface area contributed by atoms with Crippen molar-refractivity contribution in [1.29, 1.82) is 0 Å². The van der Waals surface area contributed by atoms with Gasteiger partial charge in [-0.1, -0.05) is 23.2 Å². The fourth-order valence-corrected chi connectivity index (χ4v) is 3.39. The third-order valence-electron chi connectivity index (χ3n) is 2.39. The van der Waals surface area contributed by atoms with E-state index in [1.807, 2.05) is 4.72 Å². The van der Waals surface area contributed by atoms with E-state index in [4.69, 9.17) is 33.4 Å². The van der Waals surface area contributed by atoms with Gasteiger partial charge in [-0.15, -0.1) is 0 Å². The number of benzene rings is 1. The number of nitrogens with one attached hydrogen (secondary N) is 1. The molecule has 0 heterocycles. The first-order chi connectivity index (χ1) is 9.61. The van der Waals surface area contributed by atoms with Gasteiger partial charge in [-0.3, -0.25) is 9.59 Å². The van der Waals surface area contributed by atoms with Gasteiger partial charge in [0.25, 0.3) is 0 Å². The smallest absolute Gasteiger partial charge is 0.321 e. The Balaban J connectivity index is 3.00. The topological polar surface area (TPSA) is 121 Å². The number of hydrogen-bond donors (Lipinski definition) is 3. The van der Waals surface area contributed by atoms with Crippen molar-refractivity contribution in [2.24, 2.45) is 0 Å². The van der Waals surface area contributed by atoms with E-state index in [0.717, 1.165) is 12.1 Å². The molecular weight excluding hydrogens is 345 g/mol. The Morgan fingerprint density at radius 2 is 1.67 bits per heavy atom. The van der Waals surface area contributed by atoms with Crippen molar-refractivity contribution in [2.75, 3.05) is 0 Å². The quantitative estimate of drug-likeness (QED) is 0.682. The summed E-state index contributed by atoms with van der Waals surface area (Å²) in [5.74, 6) is -2.71. The molecule has 0 fully saturated rings. The van der Waals surface area contributed by atoms with Gasteiger partial charge >= 0.3 is 11.9 Å². The molecule has 0 saturated heterocycles. The van der Waals surface area contributed by atoms with Crippen molar-refractivity contribution in [3.8, 4) is 0 Å². The van der Waals surface area contributed by atoms with Gasteiger partial charge in [0.15, 0.2) is 0 Å². The Bertz CT molecular complexity index is 640. The second-order valence-electron chi connectivity index (χ2n) is 4.05. The summed E-state index contributed by atoms with van der Waals surface area (Å²) >= 11 is 11.4. The average Bonchev–Trinajstić information content (AvgIpc) is 2.32. The van der Waals surface area contributed by atoms with Crippen molar-refractivity contribution in [3.63, 3.8) is 0 Å². The normalized spacial score (nSPS) is 12.9. The summed E-state index contributed by atoms with van der Waals surface area (Å²) < 4.78 is 26.0. The number of carbonyl (C=O) groups is 2. The highest BCUT2D eigenvalue weighted by Crippen LogP contribution is 2.22. The molecule has 0 radical (unpaired) electrons. The molecule has 0 aromatic heterocycles. The van der Waals surface area contributed by atoms with Crippen LogP contribution < -0.4 is 4.72 Å². The summed E-state index contributed by atoms with van der Waals surface area (Å²) in [7, 11) is -4.19.